The van der Waals surface area contributed by atoms with Crippen molar-refractivity contribution in [1.82, 2.24) is 9.88 Å². The monoisotopic (exact) mass is 449 g/mol. The van der Waals surface area contributed by atoms with Gasteiger partial charge < -0.3 is 19.1 Å². The lowest BCUT2D eigenvalue weighted by Crippen LogP contribution is -2.33. The number of methoxy groups -OCH3 is 1. The van der Waals surface area contributed by atoms with E-state index in [4.69, 9.17) is 19.2 Å². The van der Waals surface area contributed by atoms with Crippen LogP contribution in [0.5, 0.6) is 17.2 Å². The summed E-state index contributed by atoms with van der Waals surface area (Å²) in [6.45, 7) is 1.67. The number of ether oxygens (including phenoxy) is 3. The molecule has 1 aromatic heterocycles. The smallest absolute Gasteiger partial charge is 0.260 e. The number of hydrogen-bond donors (Lipinski definition) is 0. The number of aromatic nitrogens is 1. The van der Waals surface area contributed by atoms with Gasteiger partial charge in [-0.2, -0.15) is 0 Å². The number of benzene rings is 2. The highest BCUT2D eigenvalue weighted by molar-refractivity contribution is 7.22. The van der Waals surface area contributed by atoms with Gasteiger partial charge in [0.25, 0.3) is 5.91 Å². The summed E-state index contributed by atoms with van der Waals surface area (Å²) >= 11 is 1.48. The minimum Gasteiger partial charge on any atom is -0.497 e. The van der Waals surface area contributed by atoms with Gasteiger partial charge in [-0.05, 0) is 45.3 Å². The standard InChI is InChI=1S/C21H23N3O4S.ClH/c1-23(2)8-5-9-24(20(25)14-6-4-7-15(10-14)26-3)21-22-16-11-17-18(28-13-27-17)12-19(16)29-21;/h4,6-7,10-12H,5,8-9,13H2,1-3H3;1H. The first-order valence-electron chi connectivity index (χ1n) is 9.36. The fourth-order valence-electron chi connectivity index (χ4n) is 3.16. The molecule has 2 aromatic carbocycles. The maximum Gasteiger partial charge on any atom is 0.260 e. The number of amides is 1. The van der Waals surface area contributed by atoms with E-state index in [9.17, 15) is 4.79 Å². The van der Waals surface area contributed by atoms with Gasteiger partial charge in [-0.15, -0.1) is 12.4 Å². The van der Waals surface area contributed by atoms with E-state index in [-0.39, 0.29) is 25.1 Å². The van der Waals surface area contributed by atoms with Crippen LogP contribution in [-0.4, -0.2) is 56.9 Å². The van der Waals surface area contributed by atoms with Crippen molar-refractivity contribution in [3.63, 3.8) is 0 Å². The first-order chi connectivity index (χ1) is 14.0. The molecule has 0 bridgehead atoms. The Bertz CT molecular complexity index is 999. The molecule has 0 unspecified atom stereocenters. The molecule has 0 N–H and O–H groups in total. The Hall–Kier alpha value is -2.55. The molecule has 7 nitrogen and oxygen atoms in total. The number of halogens is 1. The molecule has 2 heterocycles. The van der Waals surface area contributed by atoms with Gasteiger partial charge in [0.15, 0.2) is 16.6 Å². The Morgan fingerprint density at radius 3 is 2.67 bits per heavy atom. The lowest BCUT2D eigenvalue weighted by atomic mass is 10.2. The Morgan fingerprint density at radius 1 is 1.17 bits per heavy atom. The molecule has 0 aliphatic carbocycles. The van der Waals surface area contributed by atoms with Crippen molar-refractivity contribution in [3.05, 3.63) is 42.0 Å². The molecule has 9 heteroatoms. The average molecular weight is 450 g/mol. The van der Waals surface area contributed by atoms with Gasteiger partial charge in [0.2, 0.25) is 6.79 Å². The van der Waals surface area contributed by atoms with Crippen LogP contribution in [0.15, 0.2) is 36.4 Å². The van der Waals surface area contributed by atoms with Crippen LogP contribution in [0.25, 0.3) is 10.2 Å². The summed E-state index contributed by atoms with van der Waals surface area (Å²) in [7, 11) is 5.64. The number of carbonyl (C=O) groups is 1. The fourth-order valence-corrected chi connectivity index (χ4v) is 4.16. The highest BCUT2D eigenvalue weighted by atomic mass is 35.5. The van der Waals surface area contributed by atoms with E-state index in [2.05, 4.69) is 4.90 Å². The largest absolute Gasteiger partial charge is 0.497 e. The molecule has 0 spiro atoms. The number of rotatable bonds is 7. The molecule has 3 aromatic rings. The molecule has 0 fully saturated rings. The van der Waals surface area contributed by atoms with Crippen LogP contribution in [0.4, 0.5) is 5.13 Å². The summed E-state index contributed by atoms with van der Waals surface area (Å²) in [6, 6.07) is 11.0. The minimum atomic E-state index is -0.0956. The summed E-state index contributed by atoms with van der Waals surface area (Å²) in [5, 5.41) is 0.662. The van der Waals surface area contributed by atoms with Crippen LogP contribution in [0.3, 0.4) is 0 Å². The highest BCUT2D eigenvalue weighted by Crippen LogP contribution is 2.40. The van der Waals surface area contributed by atoms with E-state index in [1.165, 1.54) is 11.3 Å². The Balaban J connectivity index is 0.00000256. The Labute approximate surface area is 185 Å². The SMILES string of the molecule is COc1cccc(C(=O)N(CCCN(C)C)c2nc3cc4c(cc3s2)OCO4)c1.Cl. The zero-order valence-electron chi connectivity index (χ0n) is 17.1. The summed E-state index contributed by atoms with van der Waals surface area (Å²) in [5.74, 6) is 1.96. The third kappa shape index (κ3) is 4.61. The molecule has 0 atom stereocenters. The van der Waals surface area contributed by atoms with Crippen molar-refractivity contribution >= 4 is 45.0 Å². The number of hydrogen-bond acceptors (Lipinski definition) is 7. The van der Waals surface area contributed by atoms with Gasteiger partial charge in [-0.3, -0.25) is 9.69 Å². The number of nitrogens with zero attached hydrogens (tertiary/aromatic N) is 3. The summed E-state index contributed by atoms with van der Waals surface area (Å²) in [4.78, 5) is 21.9. The molecule has 1 aliphatic heterocycles. The van der Waals surface area contributed by atoms with Gasteiger partial charge >= 0.3 is 0 Å². The second-order valence-electron chi connectivity index (χ2n) is 7.02. The van der Waals surface area contributed by atoms with Crippen molar-refractivity contribution in [1.29, 1.82) is 0 Å². The molecule has 4 rings (SSSR count). The van der Waals surface area contributed by atoms with E-state index >= 15 is 0 Å². The molecule has 30 heavy (non-hydrogen) atoms. The quantitative estimate of drug-likeness (QED) is 0.542. The number of thiazole rings is 1. The van der Waals surface area contributed by atoms with Crippen LogP contribution < -0.4 is 19.1 Å². The summed E-state index contributed by atoms with van der Waals surface area (Å²) < 4.78 is 17.2. The normalized spacial score (nSPS) is 12.1. The third-order valence-electron chi connectivity index (χ3n) is 4.65. The maximum atomic E-state index is 13.3. The molecule has 160 valence electrons. The van der Waals surface area contributed by atoms with Crippen molar-refractivity contribution in [2.45, 2.75) is 6.42 Å². The van der Waals surface area contributed by atoms with Crippen LogP contribution in [-0.2, 0) is 0 Å². The van der Waals surface area contributed by atoms with Crippen LogP contribution in [0.1, 0.15) is 16.8 Å². The number of carbonyl (C=O) groups excluding carboxylic acids is 1. The second kappa shape index (κ2) is 9.51. The van der Waals surface area contributed by atoms with E-state index in [0.29, 0.717) is 34.5 Å². The van der Waals surface area contributed by atoms with Crippen LogP contribution in [0.2, 0.25) is 0 Å². The second-order valence-corrected chi connectivity index (χ2v) is 8.02. The molecular weight excluding hydrogens is 426 g/mol. The van der Waals surface area contributed by atoms with Crippen molar-refractivity contribution in [2.24, 2.45) is 0 Å². The first kappa shape index (κ1) is 22.1. The molecule has 1 aliphatic rings. The van der Waals surface area contributed by atoms with Crippen molar-refractivity contribution in [2.75, 3.05) is 46.0 Å². The highest BCUT2D eigenvalue weighted by Gasteiger charge is 2.23. The van der Waals surface area contributed by atoms with Gasteiger partial charge in [0.1, 0.15) is 5.75 Å². The van der Waals surface area contributed by atoms with E-state index in [1.807, 2.05) is 38.4 Å². The predicted octanol–water partition coefficient (Wildman–Crippen LogP) is 4.05. The third-order valence-corrected chi connectivity index (χ3v) is 5.69. The van der Waals surface area contributed by atoms with Gasteiger partial charge in [0, 0.05) is 24.2 Å². The van der Waals surface area contributed by atoms with Gasteiger partial charge in [0.05, 0.1) is 17.3 Å². The lowest BCUT2D eigenvalue weighted by Gasteiger charge is -2.21. The Morgan fingerprint density at radius 2 is 1.93 bits per heavy atom. The van der Waals surface area contributed by atoms with E-state index < -0.39 is 0 Å². The minimum absolute atomic E-state index is 0. The molecule has 0 saturated carbocycles. The lowest BCUT2D eigenvalue weighted by molar-refractivity contribution is 0.0985. The first-order valence-corrected chi connectivity index (χ1v) is 10.2. The predicted molar refractivity (Wildman–Crippen MR) is 121 cm³/mol. The number of anilines is 1. The van der Waals surface area contributed by atoms with E-state index in [1.54, 1.807) is 24.1 Å². The topological polar surface area (TPSA) is 64.1 Å². The average Bonchev–Trinajstić information content (AvgIpc) is 3.34. The maximum absolute atomic E-state index is 13.3. The fraction of sp³-hybridized carbons (Fsp3) is 0.333. The molecule has 1 amide bonds. The molecule has 0 saturated heterocycles. The zero-order chi connectivity index (χ0) is 20.4. The van der Waals surface area contributed by atoms with Crippen LogP contribution in [0, 0.1) is 0 Å². The van der Waals surface area contributed by atoms with Crippen molar-refractivity contribution < 1.29 is 19.0 Å². The van der Waals surface area contributed by atoms with Gasteiger partial charge in [-0.1, -0.05) is 17.4 Å². The Kier molecular flexibility index (Phi) is 7.02. The molecular formula is C21H24ClN3O4S. The van der Waals surface area contributed by atoms with Crippen LogP contribution >= 0.6 is 23.7 Å². The van der Waals surface area contributed by atoms with Gasteiger partial charge in [-0.25, -0.2) is 4.98 Å². The van der Waals surface area contributed by atoms with Crippen molar-refractivity contribution in [3.8, 4) is 17.2 Å². The van der Waals surface area contributed by atoms with E-state index in [0.717, 1.165) is 23.2 Å². The summed E-state index contributed by atoms with van der Waals surface area (Å²) in [5.41, 5.74) is 1.37. The number of fused-ring (bicyclic) bond motifs is 2. The zero-order valence-corrected chi connectivity index (χ0v) is 18.7. The molecule has 0 radical (unpaired) electrons. The summed E-state index contributed by atoms with van der Waals surface area (Å²) in [6.07, 6.45) is 0.835.